The highest BCUT2D eigenvalue weighted by Crippen LogP contribution is 2.34. The normalized spacial score (nSPS) is 12.0. The minimum absolute atomic E-state index is 0.0438. The predicted molar refractivity (Wildman–Crippen MR) is 77.9 cm³/mol. The molecule has 0 spiro atoms. The number of ether oxygens (including phenoxy) is 3. The van der Waals surface area contributed by atoms with Gasteiger partial charge in [0.05, 0.1) is 0 Å². The minimum atomic E-state index is -0.227. The molecule has 1 heterocycles. The molecule has 1 N–H and O–H groups in total. The van der Waals surface area contributed by atoms with Crippen molar-refractivity contribution in [2.75, 3.05) is 18.7 Å². The molecule has 1 amide bonds. The molecular formula is C16H15NO4. The molecule has 3 rings (SSSR count). The topological polar surface area (TPSA) is 56.8 Å². The molecule has 1 aliphatic rings. The zero-order valence-electron chi connectivity index (χ0n) is 11.6. The lowest BCUT2D eigenvalue weighted by Gasteiger charge is -2.08. The van der Waals surface area contributed by atoms with Crippen molar-refractivity contribution < 1.29 is 19.0 Å². The van der Waals surface area contributed by atoms with Crippen LogP contribution in [-0.2, 0) is 4.79 Å². The van der Waals surface area contributed by atoms with Crippen LogP contribution in [0.2, 0.25) is 0 Å². The maximum absolute atomic E-state index is 11.9. The van der Waals surface area contributed by atoms with Gasteiger partial charge in [-0.25, -0.2) is 0 Å². The third kappa shape index (κ3) is 3.25. The van der Waals surface area contributed by atoms with E-state index >= 15 is 0 Å². The first-order valence-electron chi connectivity index (χ1n) is 6.60. The second-order valence-corrected chi connectivity index (χ2v) is 4.72. The van der Waals surface area contributed by atoms with E-state index in [-0.39, 0.29) is 19.3 Å². The molecule has 2 aromatic rings. The summed E-state index contributed by atoms with van der Waals surface area (Å²) >= 11 is 0. The molecule has 0 aliphatic carbocycles. The molecule has 0 atom stereocenters. The molecule has 108 valence electrons. The molecule has 0 fully saturated rings. The van der Waals surface area contributed by atoms with E-state index in [0.29, 0.717) is 22.9 Å². The van der Waals surface area contributed by atoms with Crippen LogP contribution in [0.25, 0.3) is 0 Å². The van der Waals surface area contributed by atoms with E-state index in [0.717, 1.165) is 5.56 Å². The van der Waals surface area contributed by atoms with E-state index < -0.39 is 0 Å². The standard InChI is InChI=1S/C16H15NO4/c1-11-3-2-4-13(7-11)19-9-16(18)17-12-5-6-14-15(8-12)21-10-20-14/h2-8H,9-10H2,1H3,(H,17,18). The van der Waals surface area contributed by atoms with Crippen LogP contribution in [0.1, 0.15) is 5.56 Å². The smallest absolute Gasteiger partial charge is 0.262 e. The van der Waals surface area contributed by atoms with Crippen LogP contribution in [0.4, 0.5) is 5.69 Å². The minimum Gasteiger partial charge on any atom is -0.484 e. The Bertz CT molecular complexity index is 669. The van der Waals surface area contributed by atoms with Gasteiger partial charge in [-0.1, -0.05) is 12.1 Å². The summed E-state index contributed by atoms with van der Waals surface area (Å²) in [5, 5.41) is 2.76. The Hall–Kier alpha value is -2.69. The molecule has 1 aliphatic heterocycles. The fraction of sp³-hybridized carbons (Fsp3) is 0.188. The lowest BCUT2D eigenvalue weighted by Crippen LogP contribution is -2.20. The van der Waals surface area contributed by atoms with E-state index in [4.69, 9.17) is 14.2 Å². The van der Waals surface area contributed by atoms with Crippen LogP contribution < -0.4 is 19.5 Å². The third-order valence-corrected chi connectivity index (χ3v) is 3.02. The fourth-order valence-corrected chi connectivity index (χ4v) is 2.03. The van der Waals surface area contributed by atoms with Crippen LogP contribution in [0.3, 0.4) is 0 Å². The number of fused-ring (bicyclic) bond motifs is 1. The Kier molecular flexibility index (Phi) is 3.64. The molecule has 2 aromatic carbocycles. The summed E-state index contributed by atoms with van der Waals surface area (Å²) in [6.45, 7) is 2.14. The Morgan fingerprint density at radius 1 is 1.19 bits per heavy atom. The van der Waals surface area contributed by atoms with E-state index in [1.807, 2.05) is 31.2 Å². The number of nitrogens with one attached hydrogen (secondary N) is 1. The molecular weight excluding hydrogens is 270 g/mol. The highest BCUT2D eigenvalue weighted by Gasteiger charge is 2.14. The van der Waals surface area contributed by atoms with Gasteiger partial charge < -0.3 is 19.5 Å². The highest BCUT2D eigenvalue weighted by molar-refractivity contribution is 5.92. The van der Waals surface area contributed by atoms with Crippen molar-refractivity contribution in [1.29, 1.82) is 0 Å². The molecule has 0 aromatic heterocycles. The largest absolute Gasteiger partial charge is 0.484 e. The Labute approximate surface area is 122 Å². The number of anilines is 1. The van der Waals surface area contributed by atoms with Crippen molar-refractivity contribution in [3.63, 3.8) is 0 Å². The Morgan fingerprint density at radius 3 is 2.90 bits per heavy atom. The lowest BCUT2D eigenvalue weighted by atomic mass is 10.2. The van der Waals surface area contributed by atoms with Crippen LogP contribution in [0.5, 0.6) is 17.2 Å². The van der Waals surface area contributed by atoms with Crippen LogP contribution >= 0.6 is 0 Å². The monoisotopic (exact) mass is 285 g/mol. The van der Waals surface area contributed by atoms with Crippen molar-refractivity contribution in [3.05, 3.63) is 48.0 Å². The molecule has 0 unspecified atom stereocenters. The number of hydrogen-bond donors (Lipinski definition) is 1. The number of amides is 1. The summed E-state index contributed by atoms with van der Waals surface area (Å²) in [7, 11) is 0. The average Bonchev–Trinajstić information content (AvgIpc) is 2.93. The van der Waals surface area contributed by atoms with Gasteiger partial charge in [0.25, 0.3) is 5.91 Å². The second-order valence-electron chi connectivity index (χ2n) is 4.72. The molecule has 0 saturated carbocycles. The highest BCUT2D eigenvalue weighted by atomic mass is 16.7. The molecule has 0 bridgehead atoms. The number of carbonyl (C=O) groups excluding carboxylic acids is 1. The Morgan fingerprint density at radius 2 is 2.05 bits per heavy atom. The van der Waals surface area contributed by atoms with Crippen LogP contribution in [-0.4, -0.2) is 19.3 Å². The number of rotatable bonds is 4. The van der Waals surface area contributed by atoms with Crippen molar-refractivity contribution in [2.45, 2.75) is 6.92 Å². The summed E-state index contributed by atoms with van der Waals surface area (Å²) in [6.07, 6.45) is 0. The van der Waals surface area contributed by atoms with Gasteiger partial charge in [0, 0.05) is 11.8 Å². The fourth-order valence-electron chi connectivity index (χ4n) is 2.03. The van der Waals surface area contributed by atoms with Crippen molar-refractivity contribution in [2.24, 2.45) is 0 Å². The third-order valence-electron chi connectivity index (χ3n) is 3.02. The van der Waals surface area contributed by atoms with Gasteiger partial charge in [-0.2, -0.15) is 0 Å². The first kappa shape index (κ1) is 13.3. The average molecular weight is 285 g/mol. The predicted octanol–water partition coefficient (Wildman–Crippen LogP) is 2.74. The second kappa shape index (κ2) is 5.75. The summed E-state index contributed by atoms with van der Waals surface area (Å²) in [4.78, 5) is 11.9. The van der Waals surface area contributed by atoms with E-state index in [2.05, 4.69) is 5.32 Å². The number of benzene rings is 2. The Balaban J connectivity index is 1.57. The molecule has 0 radical (unpaired) electrons. The van der Waals surface area contributed by atoms with Crippen molar-refractivity contribution in [3.8, 4) is 17.2 Å². The first-order valence-corrected chi connectivity index (χ1v) is 6.60. The van der Waals surface area contributed by atoms with Gasteiger partial charge in [0.1, 0.15) is 5.75 Å². The first-order chi connectivity index (χ1) is 10.2. The summed E-state index contributed by atoms with van der Waals surface area (Å²) < 4.78 is 15.9. The number of hydrogen-bond acceptors (Lipinski definition) is 4. The maximum Gasteiger partial charge on any atom is 0.262 e. The summed E-state index contributed by atoms with van der Waals surface area (Å²) in [5.74, 6) is 1.77. The SMILES string of the molecule is Cc1cccc(OCC(=O)Nc2ccc3c(c2)OCO3)c1. The zero-order chi connectivity index (χ0) is 14.7. The van der Waals surface area contributed by atoms with Gasteiger partial charge in [-0.15, -0.1) is 0 Å². The molecule has 5 nitrogen and oxygen atoms in total. The van der Waals surface area contributed by atoms with Gasteiger partial charge in [-0.3, -0.25) is 4.79 Å². The van der Waals surface area contributed by atoms with Gasteiger partial charge in [0.2, 0.25) is 6.79 Å². The van der Waals surface area contributed by atoms with Gasteiger partial charge in [0.15, 0.2) is 18.1 Å². The maximum atomic E-state index is 11.9. The van der Waals surface area contributed by atoms with E-state index in [9.17, 15) is 4.79 Å². The number of carbonyl (C=O) groups is 1. The van der Waals surface area contributed by atoms with Crippen LogP contribution in [0.15, 0.2) is 42.5 Å². The van der Waals surface area contributed by atoms with Crippen molar-refractivity contribution in [1.82, 2.24) is 0 Å². The van der Waals surface area contributed by atoms with Crippen molar-refractivity contribution >= 4 is 11.6 Å². The lowest BCUT2D eigenvalue weighted by molar-refractivity contribution is -0.118. The number of aryl methyl sites for hydroxylation is 1. The molecule has 21 heavy (non-hydrogen) atoms. The zero-order valence-corrected chi connectivity index (χ0v) is 11.6. The van der Waals surface area contributed by atoms with Gasteiger partial charge >= 0.3 is 0 Å². The summed E-state index contributed by atoms with van der Waals surface area (Å²) in [5.41, 5.74) is 1.74. The van der Waals surface area contributed by atoms with E-state index in [1.54, 1.807) is 18.2 Å². The summed E-state index contributed by atoms with van der Waals surface area (Å²) in [6, 6.07) is 12.8. The molecule has 0 saturated heterocycles. The van der Waals surface area contributed by atoms with Gasteiger partial charge in [-0.05, 0) is 36.8 Å². The van der Waals surface area contributed by atoms with E-state index in [1.165, 1.54) is 0 Å². The quantitative estimate of drug-likeness (QED) is 0.938. The molecule has 5 heteroatoms. The van der Waals surface area contributed by atoms with Crippen LogP contribution in [0, 0.1) is 6.92 Å².